The number of nitrogens with one attached hydrogen (secondary N) is 1. The number of hydrogen-bond donors (Lipinski definition) is 1. The number of anilines is 3. The van der Waals surface area contributed by atoms with Crippen LogP contribution in [-0.2, 0) is 25.5 Å². The van der Waals surface area contributed by atoms with Gasteiger partial charge in [0, 0.05) is 87.8 Å². The summed E-state index contributed by atoms with van der Waals surface area (Å²) in [4.78, 5) is 58.9. The monoisotopic (exact) mass is 927 g/mol. The molecule has 0 spiro atoms. The summed E-state index contributed by atoms with van der Waals surface area (Å²) in [6, 6.07) is 41.0. The number of rotatable bonds is 14. The minimum atomic E-state index is -0.269. The molecule has 0 aromatic heterocycles. The molecule has 364 valence electrons. The number of carbonyl (C=O) groups excluding carboxylic acids is 4. The Bertz CT molecular complexity index is 2140. The maximum Gasteiger partial charge on any atom is 0.409 e. The van der Waals surface area contributed by atoms with Gasteiger partial charge in [-0.05, 0) is 137 Å². The minimum absolute atomic E-state index is 0.190. The van der Waals surface area contributed by atoms with Crippen molar-refractivity contribution in [2.75, 3.05) is 94.8 Å². The predicted molar refractivity (Wildman–Crippen MR) is 271 cm³/mol. The van der Waals surface area contributed by atoms with Crippen LogP contribution < -0.4 is 15.1 Å². The predicted octanol–water partition coefficient (Wildman–Crippen LogP) is 9.87. The van der Waals surface area contributed by atoms with Crippen LogP contribution in [0.2, 0.25) is 0 Å². The lowest BCUT2D eigenvalue weighted by Gasteiger charge is -2.36. The summed E-state index contributed by atoms with van der Waals surface area (Å²) in [5.41, 5.74) is 4.57. The third-order valence-electron chi connectivity index (χ3n) is 13.8. The van der Waals surface area contributed by atoms with E-state index in [9.17, 15) is 19.2 Å². The molecule has 3 saturated heterocycles. The van der Waals surface area contributed by atoms with Crippen LogP contribution in [0.15, 0.2) is 121 Å². The fraction of sp³-hybridized carbons (Fsp3) is 0.500. The van der Waals surface area contributed by atoms with Crippen molar-refractivity contribution >= 4 is 41.1 Å². The van der Waals surface area contributed by atoms with E-state index in [2.05, 4.69) is 69.7 Å². The van der Waals surface area contributed by atoms with E-state index in [1.54, 1.807) is 9.80 Å². The van der Waals surface area contributed by atoms with Gasteiger partial charge >= 0.3 is 12.2 Å². The van der Waals surface area contributed by atoms with Crippen molar-refractivity contribution in [1.29, 1.82) is 0 Å². The van der Waals surface area contributed by atoms with Crippen molar-refractivity contribution in [2.45, 2.75) is 70.6 Å². The Morgan fingerprint density at radius 2 is 0.956 bits per heavy atom. The molecule has 4 aromatic rings. The standard InChI is InChI=1S/C24H30N2O.C18H24N2O3.C14H20N2O2/c27-24(22-13-14-22)26(23-11-5-2-6-12-23)19-21-10-7-16-25(18-21)17-15-20-8-3-1-4-9-20;1-23-18(22)19-11-5-6-14(12-19)13-20(17(21)15-9-10-15)16-7-3-2-4-8-16;1-18-14(17)16-9-5-6-12(11-16)10-15-13-7-3-2-4-8-13/h1-6,8-9,11-12,21-22H,7,10,13-19H2;2-4,7-8,14-15H,5-6,9-13H2,1H3;2-4,7-8,12,15H,5-6,9-11H2,1H3/t21-;14-;12-/m110/s1. The van der Waals surface area contributed by atoms with E-state index in [4.69, 9.17) is 9.47 Å². The number of carbonyl (C=O) groups is 4. The smallest absolute Gasteiger partial charge is 0.409 e. The molecule has 5 aliphatic rings. The second-order valence-electron chi connectivity index (χ2n) is 19.3. The Hall–Kier alpha value is -5.88. The molecule has 3 aliphatic heterocycles. The molecule has 3 atom stereocenters. The molecular formula is C56H74N6O6. The molecule has 5 fully saturated rings. The zero-order chi connectivity index (χ0) is 47.5. The molecule has 1 N–H and O–H groups in total. The first-order valence-electron chi connectivity index (χ1n) is 25.2. The first-order chi connectivity index (χ1) is 33.3. The molecule has 68 heavy (non-hydrogen) atoms. The van der Waals surface area contributed by atoms with Gasteiger partial charge in [-0.15, -0.1) is 0 Å². The van der Waals surface area contributed by atoms with Gasteiger partial charge in [-0.2, -0.15) is 0 Å². The summed E-state index contributed by atoms with van der Waals surface area (Å²) in [5, 5.41) is 3.41. The van der Waals surface area contributed by atoms with Crippen molar-refractivity contribution < 1.29 is 28.7 Å². The second kappa shape index (κ2) is 26.0. The molecule has 4 amide bonds. The van der Waals surface area contributed by atoms with Crippen LogP contribution in [0.1, 0.15) is 69.8 Å². The van der Waals surface area contributed by atoms with E-state index >= 15 is 0 Å². The molecule has 0 radical (unpaired) electrons. The number of benzene rings is 4. The molecular weight excluding hydrogens is 853 g/mol. The maximum absolute atomic E-state index is 12.9. The van der Waals surface area contributed by atoms with Crippen LogP contribution in [-0.4, -0.2) is 118 Å². The van der Waals surface area contributed by atoms with Gasteiger partial charge in [0.1, 0.15) is 0 Å². The van der Waals surface area contributed by atoms with Crippen molar-refractivity contribution in [2.24, 2.45) is 29.6 Å². The molecule has 4 aromatic carbocycles. The Labute approximate surface area is 404 Å². The Morgan fingerprint density at radius 3 is 1.44 bits per heavy atom. The topological polar surface area (TPSA) is 115 Å². The van der Waals surface area contributed by atoms with Crippen molar-refractivity contribution in [1.82, 2.24) is 14.7 Å². The lowest BCUT2D eigenvalue weighted by atomic mass is 9.96. The normalized spacial score (nSPS) is 20.3. The van der Waals surface area contributed by atoms with Crippen LogP contribution >= 0.6 is 0 Å². The molecule has 2 aliphatic carbocycles. The van der Waals surface area contributed by atoms with Gasteiger partial charge in [-0.25, -0.2) is 9.59 Å². The van der Waals surface area contributed by atoms with E-state index in [0.29, 0.717) is 36.8 Å². The van der Waals surface area contributed by atoms with Crippen molar-refractivity contribution in [3.63, 3.8) is 0 Å². The van der Waals surface area contributed by atoms with Crippen LogP contribution in [0.25, 0.3) is 0 Å². The largest absolute Gasteiger partial charge is 0.453 e. The molecule has 2 saturated carbocycles. The Kier molecular flexibility index (Phi) is 19.1. The van der Waals surface area contributed by atoms with Crippen LogP contribution in [0.4, 0.5) is 26.7 Å². The lowest BCUT2D eigenvalue weighted by Crippen LogP contribution is -2.45. The average Bonchev–Trinajstić information content (AvgIpc) is 4.35. The van der Waals surface area contributed by atoms with Crippen LogP contribution in [0.3, 0.4) is 0 Å². The van der Waals surface area contributed by atoms with E-state index < -0.39 is 0 Å². The summed E-state index contributed by atoms with van der Waals surface area (Å²) in [7, 11) is 2.85. The highest BCUT2D eigenvalue weighted by atomic mass is 16.5. The number of likely N-dealkylation sites (tertiary alicyclic amines) is 3. The number of para-hydroxylation sites is 3. The summed E-state index contributed by atoms with van der Waals surface area (Å²) >= 11 is 0. The summed E-state index contributed by atoms with van der Waals surface area (Å²) in [5.74, 6) is 2.38. The van der Waals surface area contributed by atoms with E-state index in [0.717, 1.165) is 121 Å². The number of ether oxygens (including phenoxy) is 2. The highest BCUT2D eigenvalue weighted by molar-refractivity contribution is 5.97. The molecule has 12 heteroatoms. The fourth-order valence-electron chi connectivity index (χ4n) is 9.77. The third-order valence-corrected chi connectivity index (χ3v) is 13.8. The van der Waals surface area contributed by atoms with E-state index in [1.165, 1.54) is 39.2 Å². The number of amides is 4. The first-order valence-corrected chi connectivity index (χ1v) is 25.2. The molecule has 0 unspecified atom stereocenters. The SMILES string of the molecule is COC(=O)N1CCC[C@@H](CN(C(=O)C2CC2)c2ccccc2)C1.COC(=O)N1CCC[C@@H](CNc2ccccc2)C1.O=C(C1CC1)N(C[C@@H]1CCCN(CCc2ccccc2)C1)c1ccccc1. The van der Waals surface area contributed by atoms with Gasteiger partial charge in [0.15, 0.2) is 0 Å². The Balaban J connectivity index is 0.000000154. The zero-order valence-electron chi connectivity index (χ0n) is 40.5. The summed E-state index contributed by atoms with van der Waals surface area (Å²) < 4.78 is 9.60. The van der Waals surface area contributed by atoms with Gasteiger partial charge in [0.2, 0.25) is 11.8 Å². The molecule has 9 rings (SSSR count). The van der Waals surface area contributed by atoms with Crippen molar-refractivity contribution in [3.05, 3.63) is 127 Å². The number of methoxy groups -OCH3 is 2. The number of nitrogens with zero attached hydrogens (tertiary/aromatic N) is 5. The molecule has 0 bridgehead atoms. The highest BCUT2D eigenvalue weighted by Gasteiger charge is 2.37. The summed E-state index contributed by atoms with van der Waals surface area (Å²) in [6.45, 7) is 8.84. The third kappa shape index (κ3) is 15.6. The molecule has 3 heterocycles. The van der Waals surface area contributed by atoms with Crippen LogP contribution in [0, 0.1) is 29.6 Å². The molecule has 12 nitrogen and oxygen atoms in total. The average molecular weight is 927 g/mol. The van der Waals surface area contributed by atoms with Crippen LogP contribution in [0.5, 0.6) is 0 Å². The lowest BCUT2D eigenvalue weighted by molar-refractivity contribution is -0.120. The summed E-state index contributed by atoms with van der Waals surface area (Å²) in [6.07, 6.45) is 11.4. The fourth-order valence-corrected chi connectivity index (χ4v) is 9.77. The first kappa shape index (κ1) is 50.0. The Morgan fingerprint density at radius 1 is 0.529 bits per heavy atom. The second-order valence-corrected chi connectivity index (χ2v) is 19.3. The maximum atomic E-state index is 12.9. The van der Waals surface area contributed by atoms with Gasteiger partial charge in [0.05, 0.1) is 14.2 Å². The zero-order valence-corrected chi connectivity index (χ0v) is 40.5. The van der Waals surface area contributed by atoms with Gasteiger partial charge < -0.3 is 39.3 Å². The van der Waals surface area contributed by atoms with E-state index in [-0.39, 0.29) is 29.9 Å². The van der Waals surface area contributed by atoms with E-state index in [1.807, 2.05) is 71.6 Å². The van der Waals surface area contributed by atoms with Gasteiger partial charge in [-0.3, -0.25) is 9.59 Å². The highest BCUT2D eigenvalue weighted by Crippen LogP contribution is 2.35. The number of hydrogen-bond acceptors (Lipinski definition) is 8. The van der Waals surface area contributed by atoms with Crippen molar-refractivity contribution in [3.8, 4) is 0 Å². The van der Waals surface area contributed by atoms with Gasteiger partial charge in [0.25, 0.3) is 0 Å². The minimum Gasteiger partial charge on any atom is -0.453 e. The van der Waals surface area contributed by atoms with Gasteiger partial charge in [-0.1, -0.05) is 84.9 Å². The quantitative estimate of drug-likeness (QED) is 0.133. The number of piperidine rings is 3.